The Labute approximate surface area is 178 Å². The maximum Gasteiger partial charge on any atom is 0.321 e. The molecule has 1 aliphatic heterocycles. The van der Waals surface area contributed by atoms with Crippen LogP contribution in [0.3, 0.4) is 0 Å². The quantitative estimate of drug-likeness (QED) is 0.505. The van der Waals surface area contributed by atoms with Gasteiger partial charge in [-0.2, -0.15) is 20.2 Å². The average Bonchev–Trinajstić information content (AvgIpc) is 3.31. The summed E-state index contributed by atoms with van der Waals surface area (Å²) in [6.45, 7) is 3.82. The van der Waals surface area contributed by atoms with Gasteiger partial charge >= 0.3 is 6.03 Å². The van der Waals surface area contributed by atoms with Crippen LogP contribution in [0.2, 0.25) is 0 Å². The molecular formula is C20H24N10O. The fraction of sp³-hybridized carbons (Fsp3) is 0.350. The molecule has 31 heavy (non-hydrogen) atoms. The zero-order chi connectivity index (χ0) is 21.7. The molecule has 1 aliphatic rings. The minimum atomic E-state index is -0.128. The summed E-state index contributed by atoms with van der Waals surface area (Å²) < 4.78 is 3.47. The van der Waals surface area contributed by atoms with Crippen LogP contribution in [0.1, 0.15) is 6.92 Å². The third kappa shape index (κ3) is 3.18. The predicted molar refractivity (Wildman–Crippen MR) is 119 cm³/mol. The van der Waals surface area contributed by atoms with Gasteiger partial charge in [0.1, 0.15) is 5.82 Å². The predicted octanol–water partition coefficient (Wildman–Crippen LogP) is 1.57. The summed E-state index contributed by atoms with van der Waals surface area (Å²) in [5, 5.41) is 13.4. The molecule has 3 aromatic heterocycles. The van der Waals surface area contributed by atoms with Crippen molar-refractivity contribution in [2.45, 2.75) is 13.0 Å². The Hall–Kier alpha value is -3.89. The summed E-state index contributed by atoms with van der Waals surface area (Å²) in [7, 11) is 3.71. The van der Waals surface area contributed by atoms with Crippen molar-refractivity contribution in [2.24, 2.45) is 14.1 Å². The average molecular weight is 420 g/mol. The Balaban J connectivity index is 1.35. The molecule has 1 fully saturated rings. The number of nitrogens with zero attached hydrogens (tertiary/aromatic N) is 8. The summed E-state index contributed by atoms with van der Waals surface area (Å²) in [6, 6.07) is 5.71. The van der Waals surface area contributed by atoms with Crippen LogP contribution in [0.5, 0.6) is 0 Å². The molecule has 0 radical (unpaired) electrons. The molecular weight excluding hydrogens is 396 g/mol. The van der Waals surface area contributed by atoms with Gasteiger partial charge in [0.25, 0.3) is 0 Å². The molecule has 11 nitrogen and oxygen atoms in total. The van der Waals surface area contributed by atoms with Gasteiger partial charge in [-0.15, -0.1) is 0 Å². The van der Waals surface area contributed by atoms with Crippen molar-refractivity contribution >= 4 is 45.4 Å². The highest BCUT2D eigenvalue weighted by Crippen LogP contribution is 2.28. The van der Waals surface area contributed by atoms with E-state index in [-0.39, 0.29) is 18.0 Å². The van der Waals surface area contributed by atoms with E-state index in [4.69, 9.17) is 5.73 Å². The monoisotopic (exact) mass is 420 g/mol. The van der Waals surface area contributed by atoms with E-state index in [1.54, 1.807) is 21.8 Å². The first-order chi connectivity index (χ1) is 14.9. The Morgan fingerprint density at radius 1 is 1.10 bits per heavy atom. The third-order valence-corrected chi connectivity index (χ3v) is 5.81. The number of carbonyl (C=O) groups is 1. The maximum atomic E-state index is 13.0. The van der Waals surface area contributed by atoms with Crippen molar-refractivity contribution in [1.82, 2.24) is 34.4 Å². The van der Waals surface area contributed by atoms with Gasteiger partial charge in [-0.05, 0) is 19.1 Å². The second-order valence-electron chi connectivity index (χ2n) is 7.84. The number of piperazine rings is 1. The first kappa shape index (κ1) is 19.1. The van der Waals surface area contributed by atoms with Crippen LogP contribution < -0.4 is 16.0 Å². The highest BCUT2D eigenvalue weighted by Gasteiger charge is 2.29. The van der Waals surface area contributed by atoms with Crippen LogP contribution in [-0.4, -0.2) is 66.1 Å². The molecule has 0 spiro atoms. The van der Waals surface area contributed by atoms with Crippen molar-refractivity contribution in [2.75, 3.05) is 35.6 Å². The van der Waals surface area contributed by atoms with Crippen LogP contribution in [-0.2, 0) is 14.1 Å². The summed E-state index contributed by atoms with van der Waals surface area (Å²) >= 11 is 0. The van der Waals surface area contributed by atoms with Crippen molar-refractivity contribution in [3.63, 3.8) is 0 Å². The van der Waals surface area contributed by atoms with E-state index in [0.29, 0.717) is 25.3 Å². The highest BCUT2D eigenvalue weighted by atomic mass is 16.2. The molecule has 160 valence electrons. The van der Waals surface area contributed by atoms with Crippen LogP contribution in [0, 0.1) is 0 Å². The molecule has 3 N–H and O–H groups in total. The SMILES string of the molecule is C[C@H]1CN(C(=O)Nc2cccc3c2cnn3C)CCN1c1nc(N)nc2c1cnn2C. The number of urea groups is 1. The van der Waals surface area contributed by atoms with Gasteiger partial charge in [-0.3, -0.25) is 9.36 Å². The van der Waals surface area contributed by atoms with Gasteiger partial charge in [0.05, 0.1) is 29.0 Å². The number of carbonyl (C=O) groups excluding carboxylic acids is 1. The van der Waals surface area contributed by atoms with E-state index < -0.39 is 0 Å². The normalized spacial score (nSPS) is 16.9. The Morgan fingerprint density at radius 2 is 1.87 bits per heavy atom. The number of aromatic nitrogens is 6. The van der Waals surface area contributed by atoms with Crippen LogP contribution in [0.25, 0.3) is 21.9 Å². The van der Waals surface area contributed by atoms with Gasteiger partial charge in [0.2, 0.25) is 5.95 Å². The topological polar surface area (TPSA) is 123 Å². The minimum Gasteiger partial charge on any atom is -0.368 e. The summed E-state index contributed by atoms with van der Waals surface area (Å²) in [6.07, 6.45) is 3.52. The van der Waals surface area contributed by atoms with E-state index in [1.807, 2.05) is 37.2 Å². The van der Waals surface area contributed by atoms with Crippen LogP contribution in [0.15, 0.2) is 30.6 Å². The van der Waals surface area contributed by atoms with E-state index in [1.165, 1.54) is 0 Å². The number of fused-ring (bicyclic) bond motifs is 2. The molecule has 2 amide bonds. The maximum absolute atomic E-state index is 13.0. The molecule has 0 aliphatic carbocycles. The lowest BCUT2D eigenvalue weighted by Crippen LogP contribution is -2.55. The van der Waals surface area contributed by atoms with Gasteiger partial charge in [-0.1, -0.05) is 6.07 Å². The first-order valence-electron chi connectivity index (χ1n) is 10.1. The number of benzene rings is 1. The zero-order valence-electron chi connectivity index (χ0n) is 17.6. The van der Waals surface area contributed by atoms with Crippen molar-refractivity contribution in [3.8, 4) is 0 Å². The number of rotatable bonds is 2. The van der Waals surface area contributed by atoms with Gasteiger partial charge in [0.15, 0.2) is 5.65 Å². The lowest BCUT2D eigenvalue weighted by atomic mass is 10.1. The molecule has 11 heteroatoms. The fourth-order valence-corrected chi connectivity index (χ4v) is 4.18. The van der Waals surface area contributed by atoms with E-state index in [0.717, 1.165) is 27.8 Å². The second-order valence-corrected chi connectivity index (χ2v) is 7.84. The van der Waals surface area contributed by atoms with Crippen LogP contribution >= 0.6 is 0 Å². The standard InChI is InChI=1S/C20H24N10O/c1-12-11-29(20(31)24-15-5-4-6-16-13(15)9-22-27(16)2)7-8-30(12)18-14-10-23-28(3)17(14)25-19(21)26-18/h4-6,9-10,12H,7-8,11H2,1-3H3,(H,24,31)(H2,21,25,26)/t12-/m0/s1. The highest BCUT2D eigenvalue weighted by molar-refractivity contribution is 6.00. The summed E-state index contributed by atoms with van der Waals surface area (Å²) in [5.74, 6) is 0.964. The molecule has 1 saturated heterocycles. The van der Waals surface area contributed by atoms with Gasteiger partial charge in [-0.25, -0.2) is 4.79 Å². The number of amides is 2. The number of nitrogens with one attached hydrogen (secondary N) is 1. The summed E-state index contributed by atoms with van der Waals surface area (Å²) in [5.41, 5.74) is 8.36. The van der Waals surface area contributed by atoms with Crippen molar-refractivity contribution in [1.29, 1.82) is 0 Å². The van der Waals surface area contributed by atoms with Crippen LogP contribution in [0.4, 0.5) is 22.2 Å². The Morgan fingerprint density at radius 3 is 2.68 bits per heavy atom. The second kappa shape index (κ2) is 7.11. The molecule has 1 atom stereocenters. The molecule has 4 heterocycles. The lowest BCUT2D eigenvalue weighted by molar-refractivity contribution is 0.200. The zero-order valence-corrected chi connectivity index (χ0v) is 17.6. The molecule has 0 bridgehead atoms. The first-order valence-corrected chi connectivity index (χ1v) is 10.1. The molecule has 0 saturated carbocycles. The number of hydrogen-bond acceptors (Lipinski definition) is 7. The van der Waals surface area contributed by atoms with Crippen molar-refractivity contribution in [3.05, 3.63) is 30.6 Å². The van der Waals surface area contributed by atoms with Crippen molar-refractivity contribution < 1.29 is 4.79 Å². The number of aryl methyl sites for hydroxylation is 2. The van der Waals surface area contributed by atoms with E-state index in [2.05, 4.69) is 37.3 Å². The lowest BCUT2D eigenvalue weighted by Gasteiger charge is -2.40. The number of nitrogens with two attached hydrogens (primary N) is 1. The third-order valence-electron chi connectivity index (χ3n) is 5.81. The largest absolute Gasteiger partial charge is 0.368 e. The molecule has 5 rings (SSSR count). The van der Waals surface area contributed by atoms with Gasteiger partial charge < -0.3 is 20.9 Å². The number of hydrogen-bond donors (Lipinski definition) is 2. The van der Waals surface area contributed by atoms with E-state index in [9.17, 15) is 4.79 Å². The minimum absolute atomic E-state index is 0.0476. The molecule has 1 aromatic carbocycles. The molecule has 4 aromatic rings. The molecule has 0 unspecified atom stereocenters. The Bertz CT molecular complexity index is 1290. The smallest absolute Gasteiger partial charge is 0.321 e. The van der Waals surface area contributed by atoms with Gasteiger partial charge in [0, 0.05) is 45.2 Å². The Kier molecular flexibility index (Phi) is 4.38. The number of anilines is 3. The van der Waals surface area contributed by atoms with E-state index >= 15 is 0 Å². The number of nitrogen functional groups attached to an aromatic ring is 1. The fourth-order valence-electron chi connectivity index (χ4n) is 4.18. The summed E-state index contributed by atoms with van der Waals surface area (Å²) in [4.78, 5) is 25.7.